The van der Waals surface area contributed by atoms with Crippen LogP contribution >= 0.6 is 11.6 Å². The van der Waals surface area contributed by atoms with Gasteiger partial charge in [0.15, 0.2) is 5.70 Å². The summed E-state index contributed by atoms with van der Waals surface area (Å²) in [6.45, 7) is 0.472. The lowest BCUT2D eigenvalue weighted by molar-refractivity contribution is -0.129. The Balaban J connectivity index is 1.52. The Bertz CT molecular complexity index is 1070. The molecule has 1 aliphatic rings. The van der Waals surface area contributed by atoms with E-state index in [1.165, 1.54) is 0 Å². The van der Waals surface area contributed by atoms with Crippen LogP contribution in [-0.2, 0) is 16.1 Å². The second kappa shape index (κ2) is 8.11. The van der Waals surface area contributed by atoms with Gasteiger partial charge in [-0.05, 0) is 47.5 Å². The van der Waals surface area contributed by atoms with Crippen LogP contribution < -0.4 is 4.74 Å². The summed E-state index contributed by atoms with van der Waals surface area (Å²) in [6, 6.07) is 24.4. The largest absolute Gasteiger partial charge is 0.489 e. The van der Waals surface area contributed by atoms with Crippen LogP contribution in [0.4, 0.5) is 0 Å². The summed E-state index contributed by atoms with van der Waals surface area (Å²) in [7, 11) is 0. The van der Waals surface area contributed by atoms with Crippen molar-refractivity contribution >= 4 is 29.5 Å². The minimum atomic E-state index is -0.495. The summed E-state index contributed by atoms with van der Waals surface area (Å²) in [6.07, 6.45) is 1.68. The maximum Gasteiger partial charge on any atom is 0.363 e. The first kappa shape index (κ1) is 18.0. The highest BCUT2D eigenvalue weighted by Crippen LogP contribution is 2.23. The fourth-order valence-electron chi connectivity index (χ4n) is 2.75. The van der Waals surface area contributed by atoms with E-state index in [0.29, 0.717) is 22.9 Å². The molecule has 5 heteroatoms. The van der Waals surface area contributed by atoms with E-state index < -0.39 is 5.97 Å². The molecule has 0 unspecified atom stereocenters. The first-order chi connectivity index (χ1) is 13.7. The summed E-state index contributed by atoms with van der Waals surface area (Å²) in [5.41, 5.74) is 2.77. The van der Waals surface area contributed by atoms with E-state index in [-0.39, 0.29) is 11.6 Å². The highest BCUT2D eigenvalue weighted by atomic mass is 35.5. The molecular weight excluding hydrogens is 374 g/mol. The van der Waals surface area contributed by atoms with Crippen LogP contribution in [0.25, 0.3) is 6.08 Å². The van der Waals surface area contributed by atoms with Crippen molar-refractivity contribution in [2.45, 2.75) is 6.61 Å². The molecule has 1 aliphatic heterocycles. The lowest BCUT2D eigenvalue weighted by atomic mass is 10.2. The summed E-state index contributed by atoms with van der Waals surface area (Å²) in [5, 5.41) is 0.553. The Kier molecular flexibility index (Phi) is 5.22. The fraction of sp³-hybridized carbons (Fsp3) is 0.0435. The first-order valence-corrected chi connectivity index (χ1v) is 9.10. The molecule has 0 saturated carbocycles. The number of hydrogen-bond acceptors (Lipinski definition) is 4. The molecule has 0 radical (unpaired) electrons. The van der Waals surface area contributed by atoms with Gasteiger partial charge in [-0.1, -0.05) is 60.1 Å². The monoisotopic (exact) mass is 389 g/mol. The molecule has 0 aromatic heterocycles. The zero-order valence-corrected chi connectivity index (χ0v) is 15.6. The van der Waals surface area contributed by atoms with Gasteiger partial charge in [0.2, 0.25) is 5.90 Å². The highest BCUT2D eigenvalue weighted by Gasteiger charge is 2.24. The van der Waals surface area contributed by atoms with Gasteiger partial charge in [0.25, 0.3) is 0 Å². The zero-order valence-electron chi connectivity index (χ0n) is 14.8. The van der Waals surface area contributed by atoms with Gasteiger partial charge in [0.1, 0.15) is 12.4 Å². The molecular formula is C23H16ClNO3. The van der Waals surface area contributed by atoms with Crippen molar-refractivity contribution in [1.82, 2.24) is 0 Å². The van der Waals surface area contributed by atoms with Gasteiger partial charge in [-0.25, -0.2) is 9.79 Å². The highest BCUT2D eigenvalue weighted by molar-refractivity contribution is 6.31. The van der Waals surface area contributed by atoms with Crippen molar-refractivity contribution in [2.24, 2.45) is 4.99 Å². The van der Waals surface area contributed by atoms with E-state index >= 15 is 0 Å². The Morgan fingerprint density at radius 3 is 2.61 bits per heavy atom. The van der Waals surface area contributed by atoms with E-state index in [2.05, 4.69) is 4.99 Å². The third-order valence-electron chi connectivity index (χ3n) is 4.10. The Labute approximate surface area is 167 Å². The molecule has 0 aliphatic carbocycles. The SMILES string of the molecule is O=C1OC(c2cccc(Cl)c2)=N/C1=C/c1cccc(OCc2ccccc2)c1. The van der Waals surface area contributed by atoms with Crippen molar-refractivity contribution in [3.05, 3.63) is 106 Å². The van der Waals surface area contributed by atoms with Gasteiger partial charge in [0.05, 0.1) is 0 Å². The van der Waals surface area contributed by atoms with Crippen LogP contribution in [0.3, 0.4) is 0 Å². The van der Waals surface area contributed by atoms with E-state index in [1.54, 1.807) is 30.3 Å². The number of halogens is 1. The standard InChI is InChI=1S/C23H16ClNO3/c24-19-10-5-9-18(14-19)22-25-21(23(26)28-22)13-17-8-4-11-20(12-17)27-15-16-6-2-1-3-7-16/h1-14H,15H2/b21-13+. The summed E-state index contributed by atoms with van der Waals surface area (Å²) >= 11 is 5.99. The van der Waals surface area contributed by atoms with Crippen molar-refractivity contribution in [3.63, 3.8) is 0 Å². The van der Waals surface area contributed by atoms with Crippen LogP contribution in [0.5, 0.6) is 5.75 Å². The number of esters is 1. The Morgan fingerprint density at radius 1 is 0.964 bits per heavy atom. The van der Waals surface area contributed by atoms with Crippen molar-refractivity contribution < 1.29 is 14.3 Å². The predicted molar refractivity (Wildman–Crippen MR) is 109 cm³/mol. The molecule has 0 N–H and O–H groups in total. The maximum atomic E-state index is 12.2. The smallest absolute Gasteiger partial charge is 0.363 e. The topological polar surface area (TPSA) is 47.9 Å². The molecule has 0 spiro atoms. The molecule has 0 bridgehead atoms. The fourth-order valence-corrected chi connectivity index (χ4v) is 2.94. The average molecular weight is 390 g/mol. The number of hydrogen-bond donors (Lipinski definition) is 0. The lowest BCUT2D eigenvalue weighted by Gasteiger charge is -2.07. The molecule has 0 fully saturated rings. The maximum absolute atomic E-state index is 12.2. The second-order valence-corrected chi connectivity index (χ2v) is 6.63. The van der Waals surface area contributed by atoms with E-state index in [0.717, 1.165) is 11.1 Å². The van der Waals surface area contributed by atoms with Crippen molar-refractivity contribution in [2.75, 3.05) is 0 Å². The zero-order chi connectivity index (χ0) is 19.3. The number of benzene rings is 3. The predicted octanol–water partition coefficient (Wildman–Crippen LogP) is 5.26. The molecule has 3 aromatic rings. The third-order valence-corrected chi connectivity index (χ3v) is 4.34. The van der Waals surface area contributed by atoms with Gasteiger partial charge in [0, 0.05) is 10.6 Å². The number of carbonyl (C=O) groups excluding carboxylic acids is 1. The van der Waals surface area contributed by atoms with Gasteiger partial charge < -0.3 is 9.47 Å². The molecule has 0 atom stereocenters. The van der Waals surface area contributed by atoms with Crippen LogP contribution in [0, 0.1) is 0 Å². The minimum absolute atomic E-state index is 0.232. The summed E-state index contributed by atoms with van der Waals surface area (Å²) < 4.78 is 11.1. The molecule has 28 heavy (non-hydrogen) atoms. The summed E-state index contributed by atoms with van der Waals surface area (Å²) in [4.78, 5) is 16.5. The van der Waals surface area contributed by atoms with Crippen molar-refractivity contribution in [3.8, 4) is 5.75 Å². The molecule has 4 rings (SSSR count). The van der Waals surface area contributed by atoms with Crippen molar-refractivity contribution in [1.29, 1.82) is 0 Å². The summed E-state index contributed by atoms with van der Waals surface area (Å²) in [5.74, 6) is 0.462. The van der Waals surface area contributed by atoms with Gasteiger partial charge >= 0.3 is 5.97 Å². The van der Waals surface area contributed by atoms with Gasteiger partial charge in [-0.15, -0.1) is 0 Å². The minimum Gasteiger partial charge on any atom is -0.489 e. The van der Waals surface area contributed by atoms with Crippen LogP contribution in [0.2, 0.25) is 5.02 Å². The van der Waals surface area contributed by atoms with E-state index in [4.69, 9.17) is 21.1 Å². The number of cyclic esters (lactones) is 1. The lowest BCUT2D eigenvalue weighted by Crippen LogP contribution is -2.05. The average Bonchev–Trinajstić information content (AvgIpc) is 3.08. The normalized spacial score (nSPS) is 14.7. The Hall–Kier alpha value is -3.37. The number of aliphatic imine (C=N–C) groups is 1. The van der Waals surface area contributed by atoms with Crippen LogP contribution in [0.1, 0.15) is 16.7 Å². The number of ether oxygens (including phenoxy) is 2. The molecule has 138 valence electrons. The first-order valence-electron chi connectivity index (χ1n) is 8.73. The molecule has 0 saturated heterocycles. The molecule has 4 nitrogen and oxygen atoms in total. The molecule has 3 aromatic carbocycles. The number of rotatable bonds is 5. The number of nitrogens with zero attached hydrogens (tertiary/aromatic N) is 1. The number of carbonyl (C=O) groups is 1. The van der Waals surface area contributed by atoms with Gasteiger partial charge in [-0.2, -0.15) is 0 Å². The Morgan fingerprint density at radius 2 is 1.79 bits per heavy atom. The molecule has 0 amide bonds. The third kappa shape index (κ3) is 4.30. The van der Waals surface area contributed by atoms with Gasteiger partial charge in [-0.3, -0.25) is 0 Å². The van der Waals surface area contributed by atoms with Crippen LogP contribution in [-0.4, -0.2) is 11.9 Å². The van der Waals surface area contributed by atoms with E-state index in [1.807, 2.05) is 54.6 Å². The van der Waals surface area contributed by atoms with E-state index in [9.17, 15) is 4.79 Å². The molecule has 1 heterocycles. The second-order valence-electron chi connectivity index (χ2n) is 6.19. The quantitative estimate of drug-likeness (QED) is 0.441. The van der Waals surface area contributed by atoms with Crippen LogP contribution in [0.15, 0.2) is 89.6 Å².